The standard InChI is InChI=1S/C7H17NO2/c1-8(4-2-6-9)5-3-7-10/h9-10H,2-7H2,1H3/q+1. The third-order valence-electron chi connectivity index (χ3n) is 1.40. The molecule has 0 rings (SSSR count). The molecule has 0 heterocycles. The molecule has 0 saturated carbocycles. The van der Waals surface area contributed by atoms with E-state index in [1.54, 1.807) is 0 Å². The average molecular weight is 147 g/mol. The van der Waals surface area contributed by atoms with Gasteiger partial charge in [0.15, 0.2) is 0 Å². The maximum Gasteiger partial charge on any atom is 0.124 e. The molecule has 3 nitrogen and oxygen atoms in total. The highest BCUT2D eigenvalue weighted by molar-refractivity contribution is 4.55. The average Bonchev–Trinajstić information content (AvgIpc) is 1.97. The van der Waals surface area contributed by atoms with Gasteiger partial charge in [0.2, 0.25) is 0 Å². The Morgan fingerprint density at radius 3 is 1.70 bits per heavy atom. The Hall–Kier alpha value is -0.120. The molecule has 0 aromatic carbocycles. The molecule has 10 heavy (non-hydrogen) atoms. The van der Waals surface area contributed by atoms with Crippen molar-refractivity contribution in [2.75, 3.05) is 33.4 Å². The molecule has 0 aliphatic heterocycles. The second-order valence-electron chi connectivity index (χ2n) is 2.46. The van der Waals surface area contributed by atoms with Crippen molar-refractivity contribution in [3.8, 4) is 0 Å². The van der Waals surface area contributed by atoms with Gasteiger partial charge in [-0.2, -0.15) is 4.90 Å². The van der Waals surface area contributed by atoms with Gasteiger partial charge >= 0.3 is 0 Å². The fourth-order valence-electron chi connectivity index (χ4n) is 0.793. The van der Waals surface area contributed by atoms with Crippen molar-refractivity contribution >= 4 is 0 Å². The molecule has 1 radical (unpaired) electrons. The Kier molecular flexibility index (Phi) is 6.91. The van der Waals surface area contributed by atoms with Crippen LogP contribution < -0.4 is 4.90 Å². The highest BCUT2D eigenvalue weighted by Gasteiger charge is 2.04. The maximum absolute atomic E-state index is 8.46. The Morgan fingerprint density at radius 1 is 1.00 bits per heavy atom. The Morgan fingerprint density at radius 2 is 1.40 bits per heavy atom. The molecule has 0 amide bonds. The maximum atomic E-state index is 8.46. The lowest BCUT2D eigenvalue weighted by molar-refractivity contribution is 0.258. The smallest absolute Gasteiger partial charge is 0.124 e. The molecule has 0 saturated heterocycles. The van der Waals surface area contributed by atoms with E-state index in [4.69, 9.17) is 10.2 Å². The van der Waals surface area contributed by atoms with Crippen LogP contribution in [0.4, 0.5) is 0 Å². The van der Waals surface area contributed by atoms with Crippen molar-refractivity contribution in [2.24, 2.45) is 0 Å². The van der Waals surface area contributed by atoms with Gasteiger partial charge in [0.1, 0.15) is 20.1 Å². The van der Waals surface area contributed by atoms with Crippen LogP contribution in [-0.4, -0.2) is 43.6 Å². The van der Waals surface area contributed by atoms with Gasteiger partial charge in [-0.3, -0.25) is 0 Å². The van der Waals surface area contributed by atoms with Crippen LogP contribution in [0.15, 0.2) is 0 Å². The molecule has 0 aromatic rings. The minimum absolute atomic E-state index is 0.253. The van der Waals surface area contributed by atoms with Gasteiger partial charge in [0.05, 0.1) is 0 Å². The van der Waals surface area contributed by atoms with E-state index in [1.165, 1.54) is 0 Å². The summed E-state index contributed by atoms with van der Waals surface area (Å²) in [6, 6.07) is 0. The van der Waals surface area contributed by atoms with Crippen LogP contribution in [0.3, 0.4) is 0 Å². The van der Waals surface area contributed by atoms with Gasteiger partial charge in [-0.05, 0) is 0 Å². The lowest BCUT2D eigenvalue weighted by Gasteiger charge is -2.03. The third-order valence-corrected chi connectivity index (χ3v) is 1.40. The quantitative estimate of drug-likeness (QED) is 0.498. The number of aliphatic hydroxyl groups is 2. The van der Waals surface area contributed by atoms with E-state index in [0.717, 1.165) is 25.9 Å². The predicted octanol–water partition coefficient (Wildman–Crippen LogP) is -0.479. The van der Waals surface area contributed by atoms with Crippen molar-refractivity contribution < 1.29 is 10.2 Å². The minimum Gasteiger partial charge on any atom is -0.396 e. The summed E-state index contributed by atoms with van der Waals surface area (Å²) in [6.07, 6.45) is 1.64. The molecular formula is C7H17NO2+. The molecular weight excluding hydrogens is 130 g/mol. The molecule has 0 aromatic heterocycles. The number of nitrogens with zero attached hydrogens (tertiary/aromatic N) is 1. The van der Waals surface area contributed by atoms with Crippen molar-refractivity contribution in [1.29, 1.82) is 0 Å². The molecule has 3 heteroatoms. The van der Waals surface area contributed by atoms with E-state index in [9.17, 15) is 0 Å². The summed E-state index contributed by atoms with van der Waals surface area (Å²) in [5.74, 6) is 0. The molecule has 0 fully saturated rings. The molecule has 0 aliphatic rings. The van der Waals surface area contributed by atoms with Crippen molar-refractivity contribution in [1.82, 2.24) is 4.90 Å². The van der Waals surface area contributed by atoms with Gasteiger partial charge in [0.25, 0.3) is 0 Å². The first-order valence-corrected chi connectivity index (χ1v) is 3.71. The minimum atomic E-state index is 0.253. The summed E-state index contributed by atoms with van der Waals surface area (Å²) in [5.41, 5.74) is 0. The Balaban J connectivity index is 3.00. The van der Waals surface area contributed by atoms with E-state index in [-0.39, 0.29) is 13.2 Å². The van der Waals surface area contributed by atoms with Crippen molar-refractivity contribution in [3.05, 3.63) is 0 Å². The molecule has 2 N–H and O–H groups in total. The number of hydrogen-bond acceptors (Lipinski definition) is 3. The van der Waals surface area contributed by atoms with Crippen LogP contribution in [-0.2, 0) is 0 Å². The summed E-state index contributed by atoms with van der Waals surface area (Å²) < 4.78 is 0. The molecule has 61 valence electrons. The van der Waals surface area contributed by atoms with Crippen LogP contribution in [0.25, 0.3) is 0 Å². The summed E-state index contributed by atoms with van der Waals surface area (Å²) in [7, 11) is 1.99. The third kappa shape index (κ3) is 6.01. The zero-order chi connectivity index (χ0) is 7.82. The first kappa shape index (κ1) is 9.88. The second kappa shape index (κ2) is 6.99. The van der Waals surface area contributed by atoms with Crippen LogP contribution in [0.5, 0.6) is 0 Å². The van der Waals surface area contributed by atoms with E-state index in [2.05, 4.69) is 4.90 Å². The summed E-state index contributed by atoms with van der Waals surface area (Å²) >= 11 is 0. The van der Waals surface area contributed by atoms with Crippen LogP contribution >= 0.6 is 0 Å². The number of rotatable bonds is 6. The lowest BCUT2D eigenvalue weighted by Crippen LogP contribution is -2.28. The van der Waals surface area contributed by atoms with E-state index < -0.39 is 0 Å². The van der Waals surface area contributed by atoms with Crippen molar-refractivity contribution in [3.63, 3.8) is 0 Å². The van der Waals surface area contributed by atoms with Crippen LogP contribution in [0, 0.1) is 0 Å². The fourth-order valence-corrected chi connectivity index (χ4v) is 0.793. The Bertz CT molecular complexity index is 60.6. The molecule has 0 unspecified atom stereocenters. The molecule has 0 atom stereocenters. The van der Waals surface area contributed by atoms with Gasteiger partial charge in [-0.25, -0.2) is 0 Å². The monoisotopic (exact) mass is 147 g/mol. The Labute approximate surface area is 62.3 Å². The molecule has 0 bridgehead atoms. The highest BCUT2D eigenvalue weighted by atomic mass is 16.3. The second-order valence-corrected chi connectivity index (χ2v) is 2.46. The van der Waals surface area contributed by atoms with Gasteiger partial charge in [-0.1, -0.05) is 0 Å². The van der Waals surface area contributed by atoms with Crippen molar-refractivity contribution in [2.45, 2.75) is 12.8 Å². The van der Waals surface area contributed by atoms with Gasteiger partial charge < -0.3 is 10.2 Å². The first-order valence-electron chi connectivity index (χ1n) is 3.71. The van der Waals surface area contributed by atoms with Crippen LogP contribution in [0.1, 0.15) is 12.8 Å². The van der Waals surface area contributed by atoms with Gasteiger partial charge in [-0.15, -0.1) is 0 Å². The van der Waals surface area contributed by atoms with E-state index in [1.807, 2.05) is 7.05 Å². The summed E-state index contributed by atoms with van der Waals surface area (Å²) in [5, 5.41) is 16.9. The highest BCUT2D eigenvalue weighted by Crippen LogP contribution is 1.84. The topological polar surface area (TPSA) is 46.4 Å². The van der Waals surface area contributed by atoms with E-state index >= 15 is 0 Å². The zero-order valence-corrected chi connectivity index (χ0v) is 6.58. The number of hydrogen-bond donors (Lipinski definition) is 2. The SMILES string of the molecule is C[N+](CCCO)CCCO. The molecule has 0 spiro atoms. The van der Waals surface area contributed by atoms with Crippen LogP contribution in [0.2, 0.25) is 0 Å². The lowest BCUT2D eigenvalue weighted by atomic mass is 10.3. The summed E-state index contributed by atoms with van der Waals surface area (Å²) in [4.78, 5) is 2.10. The molecule has 0 aliphatic carbocycles. The van der Waals surface area contributed by atoms with Gasteiger partial charge in [0, 0.05) is 26.1 Å². The summed E-state index contributed by atoms with van der Waals surface area (Å²) in [6.45, 7) is 2.33. The zero-order valence-electron chi connectivity index (χ0n) is 6.58. The normalized spacial score (nSPS) is 10.8. The predicted molar refractivity (Wildman–Crippen MR) is 41.2 cm³/mol. The fraction of sp³-hybridized carbons (Fsp3) is 1.00. The largest absolute Gasteiger partial charge is 0.396 e. The first-order chi connectivity index (χ1) is 4.81. The van der Waals surface area contributed by atoms with E-state index in [0.29, 0.717) is 0 Å². The number of aliphatic hydroxyl groups excluding tert-OH is 2.